The Morgan fingerprint density at radius 3 is 2.50 bits per heavy atom. The van der Waals surface area contributed by atoms with Crippen LogP contribution < -0.4 is 32.7 Å². The number of ether oxygens (including phenoxy) is 1. The summed E-state index contributed by atoms with van der Waals surface area (Å²) in [5.41, 5.74) is 19.8. The second-order valence-corrected chi connectivity index (χ2v) is 13.6. The number of carboxylic acids is 1. The number of thioether (sulfide) groups is 1. The van der Waals surface area contributed by atoms with Gasteiger partial charge in [-0.3, -0.25) is 14.6 Å². The summed E-state index contributed by atoms with van der Waals surface area (Å²) in [6.45, 7) is 6.78. The first-order valence-electron chi connectivity index (χ1n) is 16.6. The zero-order valence-corrected chi connectivity index (χ0v) is 29.7. The number of benzene rings is 1. The highest BCUT2D eigenvalue weighted by Gasteiger charge is 2.22. The number of fused-ring (bicyclic) bond motifs is 1. The summed E-state index contributed by atoms with van der Waals surface area (Å²) in [5.74, 6) is -0.171. The first-order valence-corrected chi connectivity index (χ1v) is 17.6. The predicted octanol–water partition coefficient (Wildman–Crippen LogP) is 2.38. The number of anilines is 3. The number of carbonyl (C=O) groups is 3. The third kappa shape index (κ3) is 14.0. The van der Waals surface area contributed by atoms with Crippen LogP contribution in [-0.4, -0.2) is 99.1 Å². The van der Waals surface area contributed by atoms with Gasteiger partial charge in [-0.25, -0.2) is 14.8 Å². The van der Waals surface area contributed by atoms with Crippen molar-refractivity contribution in [2.24, 2.45) is 10.7 Å². The largest absolute Gasteiger partial charge is 0.480 e. The second-order valence-electron chi connectivity index (χ2n) is 11.9. The maximum absolute atomic E-state index is 12.8. The summed E-state index contributed by atoms with van der Waals surface area (Å²) in [4.78, 5) is 59.9. The SMILES string of the molecule is CC(C)SCCCC(N)=NCCCOCCCNC(=O)CCC(NC(=O)c1ccc(N(C)Cc2cnc3nc(N)nc(N)c3n2)cc1)C(=O)O. The summed E-state index contributed by atoms with van der Waals surface area (Å²) < 4.78 is 5.60. The third-order valence-electron chi connectivity index (χ3n) is 7.31. The molecule has 1 atom stereocenters. The fourth-order valence-corrected chi connectivity index (χ4v) is 5.45. The first kappa shape index (κ1) is 39.7. The van der Waals surface area contributed by atoms with E-state index in [4.69, 9.17) is 21.9 Å². The van der Waals surface area contributed by atoms with Crippen molar-refractivity contribution in [1.29, 1.82) is 0 Å². The molecule has 3 rings (SSSR count). The van der Waals surface area contributed by atoms with Gasteiger partial charge in [0.2, 0.25) is 11.9 Å². The van der Waals surface area contributed by atoms with Crippen molar-refractivity contribution in [3.63, 3.8) is 0 Å². The molecule has 9 N–H and O–H groups in total. The smallest absolute Gasteiger partial charge is 0.326 e. The highest BCUT2D eigenvalue weighted by Crippen LogP contribution is 2.19. The van der Waals surface area contributed by atoms with Gasteiger partial charge in [0.05, 0.1) is 24.3 Å². The van der Waals surface area contributed by atoms with Crippen LogP contribution in [0.4, 0.5) is 17.5 Å². The molecular formula is C33H49N11O5S. The summed E-state index contributed by atoms with van der Waals surface area (Å²) >= 11 is 1.92. The number of nitrogens with one attached hydrogen (secondary N) is 2. The lowest BCUT2D eigenvalue weighted by molar-refractivity contribution is -0.139. The molecule has 2 amide bonds. The average Bonchev–Trinajstić information content (AvgIpc) is 3.07. The van der Waals surface area contributed by atoms with Crippen molar-refractivity contribution in [2.75, 3.05) is 55.5 Å². The van der Waals surface area contributed by atoms with Gasteiger partial charge in [-0.05, 0) is 61.0 Å². The van der Waals surface area contributed by atoms with Gasteiger partial charge in [0.15, 0.2) is 17.0 Å². The van der Waals surface area contributed by atoms with Crippen molar-refractivity contribution in [3.8, 4) is 0 Å². The highest BCUT2D eigenvalue weighted by atomic mass is 32.2. The zero-order chi connectivity index (χ0) is 36.5. The number of hydrogen-bond donors (Lipinski definition) is 6. The number of nitrogen functional groups attached to an aromatic ring is 2. The Morgan fingerprint density at radius 1 is 1.04 bits per heavy atom. The monoisotopic (exact) mass is 711 g/mol. The molecular weight excluding hydrogens is 663 g/mol. The van der Waals surface area contributed by atoms with Crippen LogP contribution in [0.1, 0.15) is 68.4 Å². The number of hydrogen-bond acceptors (Lipinski definition) is 13. The fourth-order valence-electron chi connectivity index (χ4n) is 4.67. The number of aliphatic carboxylic acids is 1. The van der Waals surface area contributed by atoms with Gasteiger partial charge in [-0.15, -0.1) is 0 Å². The Bertz CT molecular complexity index is 1590. The van der Waals surface area contributed by atoms with Crippen LogP contribution in [0, 0.1) is 0 Å². The summed E-state index contributed by atoms with van der Waals surface area (Å²) in [7, 11) is 1.84. The zero-order valence-electron chi connectivity index (χ0n) is 28.9. The molecule has 17 heteroatoms. The number of carbonyl (C=O) groups excluding carboxylic acids is 2. The molecule has 16 nitrogen and oxygen atoms in total. The van der Waals surface area contributed by atoms with E-state index in [1.165, 1.54) is 0 Å². The Hall–Kier alpha value is -4.77. The van der Waals surface area contributed by atoms with Gasteiger partial charge in [0.1, 0.15) is 6.04 Å². The topological polar surface area (TPSA) is 250 Å². The van der Waals surface area contributed by atoms with E-state index in [-0.39, 0.29) is 36.1 Å². The van der Waals surface area contributed by atoms with E-state index < -0.39 is 17.9 Å². The molecule has 0 aliphatic heterocycles. The minimum atomic E-state index is -1.23. The molecule has 0 spiro atoms. The minimum Gasteiger partial charge on any atom is -0.480 e. The molecule has 0 aliphatic carbocycles. The van der Waals surface area contributed by atoms with Gasteiger partial charge < -0.3 is 42.6 Å². The highest BCUT2D eigenvalue weighted by molar-refractivity contribution is 7.99. The van der Waals surface area contributed by atoms with Crippen molar-refractivity contribution < 1.29 is 24.2 Å². The van der Waals surface area contributed by atoms with Crippen molar-refractivity contribution in [1.82, 2.24) is 30.6 Å². The van der Waals surface area contributed by atoms with E-state index in [0.29, 0.717) is 67.2 Å². The number of nitrogens with two attached hydrogens (primary N) is 3. The van der Waals surface area contributed by atoms with Crippen LogP contribution in [-0.2, 0) is 20.9 Å². The molecule has 0 radical (unpaired) electrons. The number of amides is 2. The van der Waals surface area contributed by atoms with Gasteiger partial charge in [-0.2, -0.15) is 21.7 Å². The van der Waals surface area contributed by atoms with Crippen LogP contribution in [0.3, 0.4) is 0 Å². The number of nitrogens with zero attached hydrogens (tertiary/aromatic N) is 6. The third-order valence-corrected chi connectivity index (χ3v) is 8.50. The van der Waals surface area contributed by atoms with Crippen LogP contribution in [0.15, 0.2) is 35.5 Å². The minimum absolute atomic E-state index is 0.0174. The molecule has 3 aromatic rings. The maximum atomic E-state index is 12.8. The van der Waals surface area contributed by atoms with Gasteiger partial charge >= 0.3 is 5.97 Å². The van der Waals surface area contributed by atoms with Gasteiger partial charge in [-0.1, -0.05) is 13.8 Å². The van der Waals surface area contributed by atoms with E-state index in [2.05, 4.69) is 49.4 Å². The number of aliphatic imine (C=N–C) groups is 1. The normalized spacial score (nSPS) is 12.2. The van der Waals surface area contributed by atoms with Gasteiger partial charge in [0.25, 0.3) is 5.91 Å². The number of amidine groups is 1. The molecule has 0 bridgehead atoms. The number of rotatable bonds is 22. The van der Waals surface area contributed by atoms with E-state index in [1.807, 2.05) is 23.7 Å². The predicted molar refractivity (Wildman–Crippen MR) is 197 cm³/mol. The van der Waals surface area contributed by atoms with Crippen LogP contribution in [0.2, 0.25) is 0 Å². The Balaban J connectivity index is 1.33. The first-order chi connectivity index (χ1) is 23.9. The molecule has 0 saturated carbocycles. The summed E-state index contributed by atoms with van der Waals surface area (Å²) in [6, 6.07) is 5.41. The van der Waals surface area contributed by atoms with Gasteiger partial charge in [0, 0.05) is 57.4 Å². The number of aromatic nitrogens is 4. The lowest BCUT2D eigenvalue weighted by Crippen LogP contribution is -2.41. The van der Waals surface area contributed by atoms with E-state index in [1.54, 1.807) is 30.5 Å². The van der Waals surface area contributed by atoms with E-state index in [0.717, 1.165) is 30.7 Å². The molecule has 50 heavy (non-hydrogen) atoms. The molecule has 0 saturated heterocycles. The fraction of sp³-hybridized carbons (Fsp3) is 0.515. The standard InChI is InChI=1S/C33H49N11O5S/c1-21(2)50-18-4-7-26(34)37-14-5-16-49-17-6-15-38-27(45)13-12-25(32(47)48)41-31(46)22-8-10-24(11-9-22)44(3)20-23-19-39-30-28(40-23)29(35)42-33(36)43-30/h8-11,19,21,25H,4-7,12-18,20H2,1-3H3,(H2,34,37)(H,38,45)(H,41,46)(H,47,48)(H4,35,36,39,42,43). The second kappa shape index (κ2) is 20.7. The summed E-state index contributed by atoms with van der Waals surface area (Å²) in [5, 5.41) is 15.5. The quantitative estimate of drug-likeness (QED) is 0.0498. The Labute approximate surface area is 296 Å². The Morgan fingerprint density at radius 2 is 1.78 bits per heavy atom. The molecule has 2 heterocycles. The molecule has 272 valence electrons. The molecule has 0 fully saturated rings. The number of carboxylic acid groups (broad SMARTS) is 1. The lowest BCUT2D eigenvalue weighted by atomic mass is 10.1. The lowest BCUT2D eigenvalue weighted by Gasteiger charge is -2.19. The average molecular weight is 712 g/mol. The molecule has 0 aliphatic rings. The van der Waals surface area contributed by atoms with Crippen LogP contribution in [0.5, 0.6) is 0 Å². The maximum Gasteiger partial charge on any atom is 0.326 e. The van der Waals surface area contributed by atoms with Crippen molar-refractivity contribution in [3.05, 3.63) is 41.7 Å². The van der Waals surface area contributed by atoms with E-state index >= 15 is 0 Å². The summed E-state index contributed by atoms with van der Waals surface area (Å²) in [6.07, 6.45) is 4.67. The van der Waals surface area contributed by atoms with Crippen LogP contribution >= 0.6 is 11.8 Å². The van der Waals surface area contributed by atoms with E-state index in [9.17, 15) is 19.5 Å². The Kier molecular flexibility index (Phi) is 16.4. The molecule has 1 aromatic carbocycles. The van der Waals surface area contributed by atoms with Crippen molar-refractivity contribution >= 4 is 64.0 Å². The molecule has 2 aromatic heterocycles. The van der Waals surface area contributed by atoms with Crippen molar-refractivity contribution in [2.45, 2.75) is 70.2 Å². The van der Waals surface area contributed by atoms with Crippen LogP contribution in [0.25, 0.3) is 11.2 Å². The molecule has 1 unspecified atom stereocenters.